The standard InChI is InChI=1S/C13H10O2S/c14-13(15)11(12-7-4-8-16-12)9-10-5-2-1-3-6-10/h1-9H,(H,14,15)/p-1/b11-9+. The molecule has 1 aromatic heterocycles. The topological polar surface area (TPSA) is 40.1 Å². The highest BCUT2D eigenvalue weighted by molar-refractivity contribution is 7.11. The molecule has 0 aliphatic carbocycles. The fourth-order valence-electron chi connectivity index (χ4n) is 1.38. The summed E-state index contributed by atoms with van der Waals surface area (Å²) in [7, 11) is 0. The second kappa shape index (κ2) is 4.77. The number of carbonyl (C=O) groups is 1. The van der Waals surface area contributed by atoms with Crippen LogP contribution in [0.5, 0.6) is 0 Å². The second-order valence-corrected chi connectivity index (χ2v) is 4.18. The van der Waals surface area contributed by atoms with Crippen molar-refractivity contribution in [3.63, 3.8) is 0 Å². The molecule has 0 fully saturated rings. The van der Waals surface area contributed by atoms with E-state index in [1.165, 1.54) is 11.3 Å². The average Bonchev–Trinajstić information content (AvgIpc) is 2.80. The minimum Gasteiger partial charge on any atom is -0.545 e. The summed E-state index contributed by atoms with van der Waals surface area (Å²) in [5.74, 6) is -1.15. The third-order valence-corrected chi connectivity index (χ3v) is 3.02. The van der Waals surface area contributed by atoms with Gasteiger partial charge in [0.15, 0.2) is 0 Å². The van der Waals surface area contributed by atoms with Crippen molar-refractivity contribution in [3.8, 4) is 0 Å². The number of carbonyl (C=O) groups excluding carboxylic acids is 1. The number of rotatable bonds is 3. The molecular formula is C13H9O2S-. The fourth-order valence-corrected chi connectivity index (χ4v) is 2.11. The monoisotopic (exact) mass is 229 g/mol. The van der Waals surface area contributed by atoms with Crippen LogP contribution < -0.4 is 5.11 Å². The lowest BCUT2D eigenvalue weighted by atomic mass is 10.1. The Labute approximate surface area is 97.5 Å². The maximum atomic E-state index is 11.0. The van der Waals surface area contributed by atoms with Crippen LogP contribution in [-0.4, -0.2) is 5.97 Å². The summed E-state index contributed by atoms with van der Waals surface area (Å²) < 4.78 is 0. The summed E-state index contributed by atoms with van der Waals surface area (Å²) in [4.78, 5) is 11.7. The minimum atomic E-state index is -1.15. The summed E-state index contributed by atoms with van der Waals surface area (Å²) in [6, 6.07) is 12.9. The lowest BCUT2D eigenvalue weighted by Crippen LogP contribution is -2.23. The van der Waals surface area contributed by atoms with Gasteiger partial charge in [-0.25, -0.2) is 0 Å². The summed E-state index contributed by atoms with van der Waals surface area (Å²) >= 11 is 1.39. The van der Waals surface area contributed by atoms with E-state index in [1.54, 1.807) is 12.1 Å². The molecule has 0 spiro atoms. The van der Waals surface area contributed by atoms with Crippen LogP contribution in [0.2, 0.25) is 0 Å². The Bertz CT molecular complexity index is 498. The van der Waals surface area contributed by atoms with Gasteiger partial charge in [-0.15, -0.1) is 11.3 Å². The van der Waals surface area contributed by atoms with Crippen LogP contribution in [0.15, 0.2) is 47.8 Å². The molecule has 0 atom stereocenters. The smallest absolute Gasteiger partial charge is 0.0729 e. The zero-order valence-electron chi connectivity index (χ0n) is 8.42. The first-order valence-corrected chi connectivity index (χ1v) is 5.67. The highest BCUT2D eigenvalue weighted by atomic mass is 32.1. The van der Waals surface area contributed by atoms with E-state index in [9.17, 15) is 9.90 Å². The highest BCUT2D eigenvalue weighted by Crippen LogP contribution is 2.22. The Morgan fingerprint density at radius 3 is 2.44 bits per heavy atom. The van der Waals surface area contributed by atoms with Crippen LogP contribution in [0, 0.1) is 0 Å². The van der Waals surface area contributed by atoms with Gasteiger partial charge in [-0.05, 0) is 23.1 Å². The Hall–Kier alpha value is -1.87. The summed E-state index contributed by atoms with van der Waals surface area (Å²) in [5.41, 5.74) is 1.08. The Morgan fingerprint density at radius 2 is 1.88 bits per heavy atom. The zero-order valence-corrected chi connectivity index (χ0v) is 9.24. The molecule has 2 nitrogen and oxygen atoms in total. The van der Waals surface area contributed by atoms with Crippen molar-refractivity contribution < 1.29 is 9.90 Å². The quantitative estimate of drug-likeness (QED) is 0.756. The van der Waals surface area contributed by atoms with Crippen LogP contribution >= 0.6 is 11.3 Å². The van der Waals surface area contributed by atoms with Crippen LogP contribution in [0.3, 0.4) is 0 Å². The van der Waals surface area contributed by atoms with E-state index >= 15 is 0 Å². The van der Waals surface area contributed by atoms with Crippen LogP contribution in [-0.2, 0) is 4.79 Å². The van der Waals surface area contributed by atoms with Crippen LogP contribution in [0.25, 0.3) is 11.6 Å². The first-order valence-electron chi connectivity index (χ1n) is 4.79. The molecule has 2 rings (SSSR count). The van der Waals surface area contributed by atoms with Crippen molar-refractivity contribution in [1.82, 2.24) is 0 Å². The maximum absolute atomic E-state index is 11.0. The van der Waals surface area contributed by atoms with Gasteiger partial charge in [0.1, 0.15) is 0 Å². The molecule has 3 heteroatoms. The molecule has 0 bridgehead atoms. The largest absolute Gasteiger partial charge is 0.545 e. The molecular weight excluding hydrogens is 220 g/mol. The predicted octanol–water partition coefficient (Wildman–Crippen LogP) is 2.04. The van der Waals surface area contributed by atoms with Crippen LogP contribution in [0.1, 0.15) is 10.4 Å². The first kappa shape index (κ1) is 10.6. The fraction of sp³-hybridized carbons (Fsp3) is 0. The maximum Gasteiger partial charge on any atom is 0.0729 e. The van der Waals surface area contributed by atoms with E-state index in [4.69, 9.17) is 0 Å². The van der Waals surface area contributed by atoms with Gasteiger partial charge < -0.3 is 9.90 Å². The summed E-state index contributed by atoms with van der Waals surface area (Å²) in [6.45, 7) is 0. The Kier molecular flexibility index (Phi) is 3.17. The highest BCUT2D eigenvalue weighted by Gasteiger charge is 2.03. The van der Waals surface area contributed by atoms with Gasteiger partial charge in [-0.1, -0.05) is 36.4 Å². The van der Waals surface area contributed by atoms with Crippen molar-refractivity contribution in [1.29, 1.82) is 0 Å². The van der Waals surface area contributed by atoms with Gasteiger partial charge in [0.25, 0.3) is 0 Å². The molecule has 1 heterocycles. The predicted molar refractivity (Wildman–Crippen MR) is 63.6 cm³/mol. The average molecular weight is 229 g/mol. The van der Waals surface area contributed by atoms with Gasteiger partial charge in [0.2, 0.25) is 0 Å². The molecule has 0 unspecified atom stereocenters. The normalized spacial score (nSPS) is 11.4. The van der Waals surface area contributed by atoms with Crippen molar-refractivity contribution >= 4 is 29.0 Å². The molecule has 80 valence electrons. The van der Waals surface area contributed by atoms with E-state index in [0.29, 0.717) is 4.88 Å². The summed E-state index contributed by atoms with van der Waals surface area (Å²) in [5, 5.41) is 12.9. The molecule has 2 aromatic rings. The van der Waals surface area contributed by atoms with E-state index in [-0.39, 0.29) is 5.57 Å². The summed E-state index contributed by atoms with van der Waals surface area (Å²) in [6.07, 6.45) is 1.63. The van der Waals surface area contributed by atoms with Crippen molar-refractivity contribution in [2.75, 3.05) is 0 Å². The van der Waals surface area contributed by atoms with Crippen molar-refractivity contribution in [3.05, 3.63) is 58.3 Å². The third kappa shape index (κ3) is 2.38. The molecule has 0 amide bonds. The minimum absolute atomic E-state index is 0.223. The van der Waals surface area contributed by atoms with Crippen molar-refractivity contribution in [2.45, 2.75) is 0 Å². The molecule has 0 radical (unpaired) electrons. The number of benzene rings is 1. The first-order chi connectivity index (χ1) is 7.77. The molecule has 0 aliphatic rings. The van der Waals surface area contributed by atoms with E-state index in [2.05, 4.69) is 0 Å². The van der Waals surface area contributed by atoms with Crippen LogP contribution in [0.4, 0.5) is 0 Å². The lowest BCUT2D eigenvalue weighted by molar-refractivity contribution is -0.295. The van der Waals surface area contributed by atoms with Gasteiger partial charge in [-0.2, -0.15) is 0 Å². The number of thiophene rings is 1. The number of aliphatic carboxylic acids is 1. The molecule has 0 saturated heterocycles. The third-order valence-electron chi connectivity index (χ3n) is 2.12. The van der Waals surface area contributed by atoms with Gasteiger partial charge in [-0.3, -0.25) is 0 Å². The lowest BCUT2D eigenvalue weighted by Gasteiger charge is -2.06. The van der Waals surface area contributed by atoms with Crippen molar-refractivity contribution in [2.24, 2.45) is 0 Å². The Morgan fingerprint density at radius 1 is 1.12 bits per heavy atom. The molecule has 0 saturated carbocycles. The van der Waals surface area contributed by atoms with Gasteiger partial charge in [0, 0.05) is 10.5 Å². The second-order valence-electron chi connectivity index (χ2n) is 3.23. The van der Waals surface area contributed by atoms with E-state index in [0.717, 1.165) is 5.56 Å². The molecule has 0 aliphatic heterocycles. The molecule has 16 heavy (non-hydrogen) atoms. The SMILES string of the molecule is O=C([O-])/C(=C/c1ccccc1)c1cccs1. The van der Waals surface area contributed by atoms with Gasteiger partial charge >= 0.3 is 0 Å². The number of hydrogen-bond donors (Lipinski definition) is 0. The van der Waals surface area contributed by atoms with E-state index in [1.807, 2.05) is 41.8 Å². The number of hydrogen-bond acceptors (Lipinski definition) is 3. The number of carboxylic acids is 1. The molecule has 1 aromatic carbocycles. The van der Waals surface area contributed by atoms with Gasteiger partial charge in [0.05, 0.1) is 5.97 Å². The zero-order chi connectivity index (χ0) is 11.4. The van der Waals surface area contributed by atoms with E-state index < -0.39 is 5.97 Å². The molecule has 0 N–H and O–H groups in total. The number of carboxylic acid groups (broad SMARTS) is 1. The Balaban J connectivity index is 2.42.